The highest BCUT2D eigenvalue weighted by Gasteiger charge is 2.53. The molecule has 0 aliphatic heterocycles. The topological polar surface area (TPSA) is 41.8 Å². The molecular weight excluding hydrogens is 724 g/mol. The van der Waals surface area contributed by atoms with Crippen LogP contribution in [-0.2, 0) is 16.4 Å². The average Bonchev–Trinajstić information content (AvgIpc) is 3.75. The van der Waals surface area contributed by atoms with Crippen LogP contribution in [0.3, 0.4) is 0 Å². The summed E-state index contributed by atoms with van der Waals surface area (Å²) < 4.78 is 15.2. The molecule has 2 aliphatic rings. The Labute approximate surface area is 339 Å². The van der Waals surface area contributed by atoms with Gasteiger partial charge in [-0.05, 0) is 69.3 Å². The van der Waals surface area contributed by atoms with E-state index in [1.165, 1.54) is 39.0 Å². The predicted molar refractivity (Wildman–Crippen MR) is 243 cm³/mol. The van der Waals surface area contributed by atoms with Gasteiger partial charge in [0.05, 0.1) is 11.1 Å². The maximum absolute atomic E-state index is 15.2. The zero-order valence-corrected chi connectivity index (χ0v) is 32.8. The molecule has 1 unspecified atom stereocenters. The van der Waals surface area contributed by atoms with Gasteiger partial charge in [-0.2, -0.15) is 0 Å². The zero-order valence-electron chi connectivity index (χ0n) is 31.9. The van der Waals surface area contributed by atoms with Crippen molar-refractivity contribution >= 4 is 41.3 Å². The lowest BCUT2D eigenvalue weighted by Gasteiger charge is -2.33. The first kappa shape index (κ1) is 35.5. The number of amidine groups is 1. The standard InChI is InChI=1S/C54H39N2OP/c1-55-53(40-20-8-3-9-21-40)56-52-47-27-15-17-29-49(47)54(51(52)36-38-18-6-2-7-19-38)48-28-16-14-26-45(48)46-35-32-41(37-50(46)54)39-30-33-44(34-31-39)58(57,42-22-10-4-11-23-42)43-24-12-5-13-25-43/h2-35,37H,1,36H2/b56-53-. The largest absolute Gasteiger partial charge is 0.309 e. The molecule has 1 spiro atoms. The van der Waals surface area contributed by atoms with Crippen LogP contribution in [0, 0.1) is 0 Å². The number of benzene rings is 8. The maximum Gasteiger partial charge on any atom is 0.171 e. The van der Waals surface area contributed by atoms with Crippen molar-refractivity contribution in [1.82, 2.24) is 0 Å². The fourth-order valence-corrected chi connectivity index (χ4v) is 11.9. The molecule has 10 rings (SSSR count). The number of allylic oxidation sites excluding steroid dienone is 1. The molecule has 0 bridgehead atoms. The highest BCUT2D eigenvalue weighted by atomic mass is 31.2. The van der Waals surface area contributed by atoms with Crippen LogP contribution in [0.1, 0.15) is 33.4 Å². The van der Waals surface area contributed by atoms with Gasteiger partial charge in [0, 0.05) is 27.0 Å². The van der Waals surface area contributed by atoms with Crippen LogP contribution >= 0.6 is 7.14 Å². The third-order valence-corrected chi connectivity index (χ3v) is 14.9. The zero-order chi connectivity index (χ0) is 39.1. The van der Waals surface area contributed by atoms with Crippen molar-refractivity contribution in [2.24, 2.45) is 9.98 Å². The highest BCUT2D eigenvalue weighted by Crippen LogP contribution is 2.63. The summed E-state index contributed by atoms with van der Waals surface area (Å²) in [6.07, 6.45) is 0.689. The fraction of sp³-hybridized carbons (Fsp3) is 0.0370. The van der Waals surface area contributed by atoms with Crippen molar-refractivity contribution in [2.75, 3.05) is 0 Å². The number of rotatable bonds is 8. The van der Waals surface area contributed by atoms with Crippen LogP contribution in [0.4, 0.5) is 0 Å². The van der Waals surface area contributed by atoms with E-state index < -0.39 is 12.6 Å². The van der Waals surface area contributed by atoms with Crippen LogP contribution in [-0.4, -0.2) is 12.6 Å². The molecule has 0 heterocycles. The molecule has 58 heavy (non-hydrogen) atoms. The van der Waals surface area contributed by atoms with Crippen molar-refractivity contribution in [3.8, 4) is 22.3 Å². The molecular formula is C54H39N2OP. The minimum absolute atomic E-state index is 0.594. The molecule has 8 aromatic rings. The predicted octanol–water partition coefficient (Wildman–Crippen LogP) is 11.4. The Morgan fingerprint density at radius 2 is 0.966 bits per heavy atom. The van der Waals surface area contributed by atoms with Gasteiger partial charge in [-0.15, -0.1) is 0 Å². The van der Waals surface area contributed by atoms with E-state index in [0.29, 0.717) is 12.3 Å². The van der Waals surface area contributed by atoms with Crippen LogP contribution < -0.4 is 15.9 Å². The van der Waals surface area contributed by atoms with E-state index in [0.717, 1.165) is 43.9 Å². The van der Waals surface area contributed by atoms with Crippen molar-refractivity contribution in [2.45, 2.75) is 11.8 Å². The van der Waals surface area contributed by atoms with Gasteiger partial charge >= 0.3 is 0 Å². The Morgan fingerprint density at radius 3 is 1.59 bits per heavy atom. The average molecular weight is 763 g/mol. The normalized spacial score (nSPS) is 15.6. The Morgan fingerprint density at radius 1 is 0.483 bits per heavy atom. The third-order valence-electron chi connectivity index (χ3n) is 11.8. The first-order chi connectivity index (χ1) is 28.6. The fourth-order valence-electron chi connectivity index (χ4n) is 9.21. The Kier molecular flexibility index (Phi) is 8.89. The Bertz CT molecular complexity index is 2890. The maximum atomic E-state index is 15.2. The first-order valence-electron chi connectivity index (χ1n) is 19.7. The van der Waals surface area contributed by atoms with Crippen molar-refractivity contribution in [3.63, 3.8) is 0 Å². The van der Waals surface area contributed by atoms with Gasteiger partial charge in [0.15, 0.2) is 13.0 Å². The monoisotopic (exact) mass is 762 g/mol. The summed E-state index contributed by atoms with van der Waals surface area (Å²) in [6, 6.07) is 73.4. The lowest BCUT2D eigenvalue weighted by molar-refractivity contribution is 0.592. The van der Waals surface area contributed by atoms with E-state index in [-0.39, 0.29) is 0 Å². The Balaban J connectivity index is 1.19. The molecule has 1 atom stereocenters. The number of aliphatic imine (C=N–C) groups is 2. The molecule has 0 amide bonds. The van der Waals surface area contributed by atoms with Gasteiger partial charge in [0.25, 0.3) is 0 Å². The number of fused-ring (bicyclic) bond motifs is 7. The summed E-state index contributed by atoms with van der Waals surface area (Å²) in [5, 5.41) is 2.46. The minimum Gasteiger partial charge on any atom is -0.309 e. The van der Waals surface area contributed by atoms with E-state index in [2.05, 4.69) is 133 Å². The van der Waals surface area contributed by atoms with Crippen LogP contribution in [0.2, 0.25) is 0 Å². The molecule has 0 fully saturated rings. The van der Waals surface area contributed by atoms with Gasteiger partial charge in [-0.25, -0.2) is 9.98 Å². The summed E-state index contributed by atoms with van der Waals surface area (Å²) in [7, 11) is -3.12. The summed E-state index contributed by atoms with van der Waals surface area (Å²) in [5.41, 5.74) is 13.0. The number of hydrogen-bond donors (Lipinski definition) is 0. The lowest BCUT2D eigenvalue weighted by atomic mass is 9.68. The van der Waals surface area contributed by atoms with Gasteiger partial charge in [-0.3, -0.25) is 0 Å². The molecule has 4 heteroatoms. The minimum atomic E-state index is -3.12. The van der Waals surface area contributed by atoms with Crippen LogP contribution in [0.25, 0.3) is 28.0 Å². The second-order valence-electron chi connectivity index (χ2n) is 14.9. The molecule has 0 saturated carbocycles. The van der Waals surface area contributed by atoms with E-state index in [4.69, 9.17) is 4.99 Å². The molecule has 0 radical (unpaired) electrons. The highest BCUT2D eigenvalue weighted by molar-refractivity contribution is 7.85. The molecule has 0 saturated heterocycles. The second-order valence-corrected chi connectivity index (χ2v) is 17.6. The molecule has 3 nitrogen and oxygen atoms in total. The van der Waals surface area contributed by atoms with Crippen molar-refractivity contribution in [3.05, 3.63) is 251 Å². The van der Waals surface area contributed by atoms with Crippen molar-refractivity contribution in [1.29, 1.82) is 0 Å². The van der Waals surface area contributed by atoms with Gasteiger partial charge < -0.3 is 4.57 Å². The van der Waals surface area contributed by atoms with E-state index in [9.17, 15) is 0 Å². The van der Waals surface area contributed by atoms with E-state index in [1.54, 1.807) is 0 Å². The van der Waals surface area contributed by atoms with Gasteiger partial charge in [-0.1, -0.05) is 206 Å². The molecule has 0 N–H and O–H groups in total. The Hall–Kier alpha value is -6.93. The molecule has 0 aromatic heterocycles. The SMILES string of the molecule is C=N/C(=N\C1=C(Cc2ccccc2)C2(c3ccccc31)c1ccccc1-c1ccc(-c3ccc(P(=O)(c4ccccc4)c4ccccc4)cc3)cc12)c1ccccc1. The number of nitrogens with zero attached hydrogens (tertiary/aromatic N) is 2. The van der Waals surface area contributed by atoms with E-state index in [1.807, 2.05) is 91.0 Å². The number of hydrogen-bond acceptors (Lipinski definition) is 2. The smallest absolute Gasteiger partial charge is 0.171 e. The summed E-state index contributed by atoms with van der Waals surface area (Å²) in [6.45, 7) is 3.99. The summed E-state index contributed by atoms with van der Waals surface area (Å²) in [5.74, 6) is 0.594. The van der Waals surface area contributed by atoms with E-state index >= 15 is 4.57 Å². The molecule has 2 aliphatic carbocycles. The summed E-state index contributed by atoms with van der Waals surface area (Å²) in [4.78, 5) is 9.95. The summed E-state index contributed by atoms with van der Waals surface area (Å²) >= 11 is 0. The van der Waals surface area contributed by atoms with Crippen molar-refractivity contribution < 1.29 is 4.57 Å². The third kappa shape index (κ3) is 5.62. The second kappa shape index (κ2) is 14.5. The molecule has 276 valence electrons. The van der Waals surface area contributed by atoms with Crippen LogP contribution in [0.5, 0.6) is 0 Å². The van der Waals surface area contributed by atoms with Gasteiger partial charge in [0.1, 0.15) is 0 Å². The van der Waals surface area contributed by atoms with Crippen LogP contribution in [0.15, 0.2) is 228 Å². The quantitative estimate of drug-likeness (QED) is 0.0863. The lowest BCUT2D eigenvalue weighted by Crippen LogP contribution is -2.28. The first-order valence-corrected chi connectivity index (χ1v) is 21.4. The molecule has 8 aromatic carbocycles. The van der Waals surface area contributed by atoms with Gasteiger partial charge in [0.2, 0.25) is 0 Å².